The van der Waals surface area contributed by atoms with Crippen LogP contribution in [0.5, 0.6) is 0 Å². The summed E-state index contributed by atoms with van der Waals surface area (Å²) in [6, 6.07) is 3.81. The minimum atomic E-state index is -0.783. The molecule has 5 heteroatoms. The summed E-state index contributed by atoms with van der Waals surface area (Å²) in [5.74, 6) is 1.61. The molecule has 0 aliphatic rings. The summed E-state index contributed by atoms with van der Waals surface area (Å²) in [4.78, 5) is 13.3. The van der Waals surface area contributed by atoms with Gasteiger partial charge in [0, 0.05) is 35.8 Å². The van der Waals surface area contributed by atoms with Crippen LogP contribution in [-0.2, 0) is 0 Å². The zero-order chi connectivity index (χ0) is 17.0. The molecule has 2 aromatic rings. The van der Waals surface area contributed by atoms with E-state index in [1.54, 1.807) is 12.4 Å². The molecule has 2 rings (SSSR count). The van der Waals surface area contributed by atoms with Crippen molar-refractivity contribution < 1.29 is 5.11 Å². The van der Waals surface area contributed by atoms with Crippen LogP contribution in [0.25, 0.3) is 11.4 Å². The van der Waals surface area contributed by atoms with Crippen LogP contribution in [0.3, 0.4) is 0 Å². The third-order valence-electron chi connectivity index (χ3n) is 4.60. The lowest BCUT2D eigenvalue weighted by atomic mass is 9.88. The monoisotopic (exact) mass is 314 g/mol. The minimum Gasteiger partial charge on any atom is -0.388 e. The van der Waals surface area contributed by atoms with E-state index in [9.17, 15) is 5.11 Å². The molecule has 23 heavy (non-hydrogen) atoms. The highest BCUT2D eigenvalue weighted by Gasteiger charge is 2.27. The first-order valence-corrected chi connectivity index (χ1v) is 8.07. The van der Waals surface area contributed by atoms with E-state index in [1.807, 2.05) is 32.9 Å². The number of aromatic nitrogens is 3. The molecule has 124 valence electrons. The Bertz CT molecular complexity index is 656. The average Bonchev–Trinajstić information content (AvgIpc) is 2.56. The van der Waals surface area contributed by atoms with Gasteiger partial charge < -0.3 is 10.4 Å². The molecule has 2 N–H and O–H groups in total. The van der Waals surface area contributed by atoms with Gasteiger partial charge in [-0.1, -0.05) is 20.3 Å². The third-order valence-corrected chi connectivity index (χ3v) is 4.60. The number of rotatable bonds is 6. The van der Waals surface area contributed by atoms with Gasteiger partial charge in [0.05, 0.1) is 5.60 Å². The normalized spacial score (nSPS) is 15.0. The largest absolute Gasteiger partial charge is 0.388 e. The van der Waals surface area contributed by atoms with E-state index in [1.165, 1.54) is 0 Å². The topological polar surface area (TPSA) is 70.9 Å². The second-order valence-electron chi connectivity index (χ2n) is 6.37. The van der Waals surface area contributed by atoms with Gasteiger partial charge in [-0.15, -0.1) is 0 Å². The van der Waals surface area contributed by atoms with Gasteiger partial charge in [-0.2, -0.15) is 0 Å². The lowest BCUT2D eigenvalue weighted by Crippen LogP contribution is -2.40. The molecule has 0 aromatic carbocycles. The van der Waals surface area contributed by atoms with Crippen molar-refractivity contribution in [2.45, 2.75) is 46.6 Å². The summed E-state index contributed by atoms with van der Waals surface area (Å²) in [7, 11) is 0. The molecule has 0 aliphatic carbocycles. The number of hydrogen-bond donors (Lipinski definition) is 2. The van der Waals surface area contributed by atoms with Gasteiger partial charge in [0.1, 0.15) is 5.82 Å². The molecule has 5 nitrogen and oxygen atoms in total. The Labute approximate surface area is 138 Å². The van der Waals surface area contributed by atoms with E-state index >= 15 is 0 Å². The predicted octanol–water partition coefficient (Wildman–Crippen LogP) is 3.36. The van der Waals surface area contributed by atoms with Crippen LogP contribution in [-0.4, -0.2) is 32.2 Å². The number of nitrogens with one attached hydrogen (secondary N) is 1. The molecular weight excluding hydrogens is 288 g/mol. The number of nitrogens with zero attached hydrogens (tertiary/aromatic N) is 3. The first-order chi connectivity index (χ1) is 10.8. The van der Waals surface area contributed by atoms with E-state index in [4.69, 9.17) is 0 Å². The van der Waals surface area contributed by atoms with Gasteiger partial charge in [-0.3, -0.25) is 4.98 Å². The molecule has 2 heterocycles. The molecule has 2 aromatic heterocycles. The minimum absolute atomic E-state index is 0.205. The Morgan fingerprint density at radius 3 is 2.65 bits per heavy atom. The van der Waals surface area contributed by atoms with E-state index < -0.39 is 5.60 Å². The third kappa shape index (κ3) is 4.05. The highest BCUT2D eigenvalue weighted by atomic mass is 16.3. The summed E-state index contributed by atoms with van der Waals surface area (Å²) in [5, 5.41) is 13.9. The maximum atomic E-state index is 10.6. The fourth-order valence-corrected chi connectivity index (χ4v) is 2.30. The molecule has 0 amide bonds. The maximum absolute atomic E-state index is 10.6. The fraction of sp³-hybridized carbons (Fsp3) is 0.500. The second kappa shape index (κ2) is 7.04. The standard InChI is InChI=1S/C18H26N4O/c1-6-12(2)18(5,23)11-20-16-13(3)14(4)21-17(22-16)15-8-7-9-19-10-15/h7-10,12,23H,6,11H2,1-5H3,(H,20,21,22). The molecule has 0 saturated carbocycles. The highest BCUT2D eigenvalue weighted by molar-refractivity contribution is 5.58. The zero-order valence-electron chi connectivity index (χ0n) is 14.6. The molecule has 2 unspecified atom stereocenters. The molecule has 0 saturated heterocycles. The van der Waals surface area contributed by atoms with Crippen molar-refractivity contribution in [3.8, 4) is 11.4 Å². The first-order valence-electron chi connectivity index (χ1n) is 8.07. The quantitative estimate of drug-likeness (QED) is 0.855. The number of aliphatic hydroxyl groups is 1. The van der Waals surface area contributed by atoms with Gasteiger partial charge in [-0.25, -0.2) is 9.97 Å². The molecule has 0 aliphatic heterocycles. The Morgan fingerprint density at radius 2 is 2.04 bits per heavy atom. The Kier molecular flexibility index (Phi) is 5.31. The van der Waals surface area contributed by atoms with Crippen molar-refractivity contribution >= 4 is 5.82 Å². The van der Waals surface area contributed by atoms with Crippen LogP contribution in [0.2, 0.25) is 0 Å². The van der Waals surface area contributed by atoms with Crippen LogP contribution in [0.4, 0.5) is 5.82 Å². The molecular formula is C18H26N4O. The van der Waals surface area contributed by atoms with Crippen molar-refractivity contribution in [2.24, 2.45) is 5.92 Å². The van der Waals surface area contributed by atoms with Crippen molar-refractivity contribution in [3.63, 3.8) is 0 Å². The highest BCUT2D eigenvalue weighted by Crippen LogP contribution is 2.24. The summed E-state index contributed by atoms with van der Waals surface area (Å²) >= 11 is 0. The van der Waals surface area contributed by atoms with E-state index in [0.29, 0.717) is 12.4 Å². The van der Waals surface area contributed by atoms with E-state index in [2.05, 4.69) is 34.1 Å². The average molecular weight is 314 g/mol. The second-order valence-corrected chi connectivity index (χ2v) is 6.37. The molecule has 2 atom stereocenters. The van der Waals surface area contributed by atoms with Crippen LogP contribution in [0.1, 0.15) is 38.4 Å². The smallest absolute Gasteiger partial charge is 0.163 e. The van der Waals surface area contributed by atoms with Gasteiger partial charge in [-0.05, 0) is 38.8 Å². The van der Waals surface area contributed by atoms with Crippen molar-refractivity contribution in [1.29, 1.82) is 0 Å². The Hall–Kier alpha value is -2.01. The molecule has 0 fully saturated rings. The lowest BCUT2D eigenvalue weighted by molar-refractivity contribution is 0.0175. The Morgan fingerprint density at radius 1 is 1.30 bits per heavy atom. The summed E-state index contributed by atoms with van der Waals surface area (Å²) < 4.78 is 0. The van der Waals surface area contributed by atoms with Crippen LogP contribution >= 0.6 is 0 Å². The summed E-state index contributed by atoms with van der Waals surface area (Å²) in [6.07, 6.45) is 4.41. The SMILES string of the molecule is CCC(C)C(C)(O)CNc1nc(-c2cccnc2)nc(C)c1C. The number of pyridine rings is 1. The first kappa shape index (κ1) is 17.3. The molecule has 0 spiro atoms. The van der Waals surface area contributed by atoms with Crippen molar-refractivity contribution in [3.05, 3.63) is 35.8 Å². The molecule has 0 radical (unpaired) electrons. The van der Waals surface area contributed by atoms with Crippen LogP contribution < -0.4 is 5.32 Å². The Balaban J connectivity index is 2.27. The predicted molar refractivity (Wildman–Crippen MR) is 93.3 cm³/mol. The van der Waals surface area contributed by atoms with E-state index in [-0.39, 0.29) is 5.92 Å². The van der Waals surface area contributed by atoms with Gasteiger partial charge in [0.2, 0.25) is 0 Å². The number of aryl methyl sites for hydroxylation is 1. The summed E-state index contributed by atoms with van der Waals surface area (Å²) in [5.41, 5.74) is 2.02. The van der Waals surface area contributed by atoms with Gasteiger partial charge >= 0.3 is 0 Å². The fourth-order valence-electron chi connectivity index (χ4n) is 2.30. The molecule has 0 bridgehead atoms. The van der Waals surface area contributed by atoms with Crippen LogP contribution in [0.15, 0.2) is 24.5 Å². The number of anilines is 1. The van der Waals surface area contributed by atoms with Gasteiger partial charge in [0.15, 0.2) is 5.82 Å². The van der Waals surface area contributed by atoms with E-state index in [0.717, 1.165) is 29.1 Å². The zero-order valence-corrected chi connectivity index (χ0v) is 14.6. The summed E-state index contributed by atoms with van der Waals surface area (Å²) in [6.45, 7) is 10.4. The van der Waals surface area contributed by atoms with Crippen LogP contribution in [0, 0.1) is 19.8 Å². The number of hydrogen-bond acceptors (Lipinski definition) is 5. The van der Waals surface area contributed by atoms with Gasteiger partial charge in [0.25, 0.3) is 0 Å². The van der Waals surface area contributed by atoms with Crippen molar-refractivity contribution in [2.75, 3.05) is 11.9 Å². The lowest BCUT2D eigenvalue weighted by Gasteiger charge is -2.30. The van der Waals surface area contributed by atoms with Crippen molar-refractivity contribution in [1.82, 2.24) is 15.0 Å². The maximum Gasteiger partial charge on any atom is 0.163 e.